The number of halogens is 3. The molecule has 1 N–H and O–H groups in total. The van der Waals surface area contributed by atoms with E-state index in [4.69, 9.17) is 4.74 Å². The number of ether oxygens (including phenoxy) is 1. The van der Waals surface area contributed by atoms with Crippen LogP contribution < -0.4 is 10.1 Å². The van der Waals surface area contributed by atoms with Gasteiger partial charge in [-0.15, -0.1) is 12.4 Å². The highest BCUT2D eigenvalue weighted by Gasteiger charge is 2.29. The summed E-state index contributed by atoms with van der Waals surface area (Å²) in [7, 11) is 0. The minimum atomic E-state index is -0.684. The van der Waals surface area contributed by atoms with Gasteiger partial charge in [0.05, 0.1) is 5.92 Å². The highest BCUT2D eigenvalue weighted by molar-refractivity contribution is 5.85. The number of likely N-dealkylation sites (tertiary alicyclic amines) is 1. The first-order valence-corrected chi connectivity index (χ1v) is 8.24. The van der Waals surface area contributed by atoms with Gasteiger partial charge in [-0.1, -0.05) is 0 Å². The number of nitrogens with one attached hydrogen (secondary N) is 1. The summed E-state index contributed by atoms with van der Waals surface area (Å²) in [6.45, 7) is 3.00. The van der Waals surface area contributed by atoms with Crippen LogP contribution in [0.3, 0.4) is 0 Å². The van der Waals surface area contributed by atoms with Crippen molar-refractivity contribution in [3.63, 3.8) is 0 Å². The van der Waals surface area contributed by atoms with Gasteiger partial charge in [-0.25, -0.2) is 8.78 Å². The second kappa shape index (κ2) is 8.62. The number of hydrogen-bond donors (Lipinski definition) is 1. The molecule has 134 valence electrons. The third kappa shape index (κ3) is 4.57. The van der Waals surface area contributed by atoms with E-state index in [0.717, 1.165) is 32.0 Å². The lowest BCUT2D eigenvalue weighted by atomic mass is 9.96. The molecule has 2 heterocycles. The van der Waals surface area contributed by atoms with Crippen molar-refractivity contribution >= 4 is 18.3 Å². The molecule has 1 unspecified atom stereocenters. The molecule has 0 aromatic heterocycles. The lowest BCUT2D eigenvalue weighted by molar-refractivity contribution is -0.137. The quantitative estimate of drug-likeness (QED) is 0.901. The Bertz CT molecular complexity index is 560. The maximum absolute atomic E-state index is 13.6. The van der Waals surface area contributed by atoms with Crippen LogP contribution in [-0.2, 0) is 4.79 Å². The van der Waals surface area contributed by atoms with Gasteiger partial charge in [0.1, 0.15) is 11.9 Å². The maximum Gasteiger partial charge on any atom is 0.226 e. The smallest absolute Gasteiger partial charge is 0.226 e. The first kappa shape index (κ1) is 18.9. The van der Waals surface area contributed by atoms with Crippen molar-refractivity contribution in [2.24, 2.45) is 5.92 Å². The van der Waals surface area contributed by atoms with E-state index in [1.54, 1.807) is 0 Å². The van der Waals surface area contributed by atoms with Crippen LogP contribution in [0.1, 0.15) is 25.7 Å². The van der Waals surface area contributed by atoms with Crippen molar-refractivity contribution in [1.29, 1.82) is 0 Å². The topological polar surface area (TPSA) is 41.6 Å². The van der Waals surface area contributed by atoms with Gasteiger partial charge in [0.25, 0.3) is 0 Å². The fourth-order valence-corrected chi connectivity index (χ4v) is 3.27. The molecule has 1 aromatic carbocycles. The predicted octanol–water partition coefficient (Wildman–Crippen LogP) is 2.76. The summed E-state index contributed by atoms with van der Waals surface area (Å²) >= 11 is 0. The van der Waals surface area contributed by atoms with Gasteiger partial charge in [0.2, 0.25) is 5.91 Å². The summed E-state index contributed by atoms with van der Waals surface area (Å²) in [5.41, 5.74) is 0. The second-order valence-corrected chi connectivity index (χ2v) is 6.26. The number of carbonyl (C=O) groups is 1. The van der Waals surface area contributed by atoms with E-state index in [2.05, 4.69) is 5.32 Å². The molecule has 2 saturated heterocycles. The van der Waals surface area contributed by atoms with Gasteiger partial charge in [-0.2, -0.15) is 0 Å². The van der Waals surface area contributed by atoms with Crippen LogP contribution in [0.25, 0.3) is 0 Å². The van der Waals surface area contributed by atoms with Gasteiger partial charge in [-0.3, -0.25) is 4.79 Å². The third-order valence-corrected chi connectivity index (χ3v) is 4.59. The van der Waals surface area contributed by atoms with E-state index in [9.17, 15) is 13.6 Å². The minimum absolute atomic E-state index is 0. The van der Waals surface area contributed by atoms with E-state index < -0.39 is 11.6 Å². The molecule has 0 saturated carbocycles. The number of rotatable bonds is 3. The molecule has 3 rings (SSSR count). The van der Waals surface area contributed by atoms with Gasteiger partial charge in [0.15, 0.2) is 11.6 Å². The number of hydrogen-bond acceptors (Lipinski definition) is 3. The lowest BCUT2D eigenvalue weighted by Gasteiger charge is -2.35. The third-order valence-electron chi connectivity index (χ3n) is 4.59. The Morgan fingerprint density at radius 1 is 1.21 bits per heavy atom. The number of nitrogens with zero attached hydrogens (tertiary/aromatic N) is 1. The van der Waals surface area contributed by atoms with Crippen molar-refractivity contribution in [3.8, 4) is 5.75 Å². The van der Waals surface area contributed by atoms with Crippen LogP contribution in [0.15, 0.2) is 18.2 Å². The summed E-state index contributed by atoms with van der Waals surface area (Å²) < 4.78 is 32.1. The van der Waals surface area contributed by atoms with Crippen LogP contribution in [0.4, 0.5) is 8.78 Å². The lowest BCUT2D eigenvalue weighted by Crippen LogP contribution is -2.47. The fourth-order valence-electron chi connectivity index (χ4n) is 3.27. The molecule has 4 nitrogen and oxygen atoms in total. The number of piperidine rings is 2. The number of benzene rings is 1. The Labute approximate surface area is 147 Å². The second-order valence-electron chi connectivity index (χ2n) is 6.26. The Balaban J connectivity index is 0.00000208. The van der Waals surface area contributed by atoms with Crippen molar-refractivity contribution in [1.82, 2.24) is 10.2 Å². The van der Waals surface area contributed by atoms with Gasteiger partial charge in [-0.05, 0) is 31.5 Å². The summed E-state index contributed by atoms with van der Waals surface area (Å²) in [5, 5.41) is 3.26. The average molecular weight is 361 g/mol. The van der Waals surface area contributed by atoms with Crippen LogP contribution >= 0.6 is 12.4 Å². The summed E-state index contributed by atoms with van der Waals surface area (Å²) in [6, 6.07) is 3.33. The fraction of sp³-hybridized carbons (Fsp3) is 0.588. The largest absolute Gasteiger partial charge is 0.487 e. The SMILES string of the molecule is Cl.O=C(C1CCCNC1)N1CCC(Oc2ccc(F)cc2F)CC1. The molecule has 0 spiro atoms. The standard InChI is InChI=1S/C17H22F2N2O2.ClH/c18-13-3-4-16(15(19)10-13)23-14-5-8-21(9-6-14)17(22)12-2-1-7-20-11-12;/h3-4,10,12,14,20H,1-2,5-9,11H2;1H. The van der Waals surface area contributed by atoms with Crippen molar-refractivity contribution in [2.75, 3.05) is 26.2 Å². The molecule has 2 aliphatic heterocycles. The molecule has 0 aliphatic carbocycles. The van der Waals surface area contributed by atoms with E-state index in [1.165, 1.54) is 12.1 Å². The molecule has 2 aliphatic rings. The van der Waals surface area contributed by atoms with Crippen LogP contribution in [0, 0.1) is 17.6 Å². The van der Waals surface area contributed by atoms with Crippen molar-refractivity contribution < 1.29 is 18.3 Å². The molecule has 1 amide bonds. The molecule has 24 heavy (non-hydrogen) atoms. The van der Waals surface area contributed by atoms with Crippen LogP contribution in [-0.4, -0.2) is 43.1 Å². The van der Waals surface area contributed by atoms with E-state index in [1.807, 2.05) is 4.90 Å². The highest BCUT2D eigenvalue weighted by atomic mass is 35.5. The number of amides is 1. The number of carbonyl (C=O) groups excluding carboxylic acids is 1. The van der Waals surface area contributed by atoms with Crippen LogP contribution in [0.2, 0.25) is 0 Å². The first-order chi connectivity index (χ1) is 11.1. The van der Waals surface area contributed by atoms with Gasteiger partial charge < -0.3 is 15.0 Å². The zero-order chi connectivity index (χ0) is 16.2. The molecule has 0 radical (unpaired) electrons. The molecule has 1 atom stereocenters. The van der Waals surface area contributed by atoms with Crippen molar-refractivity contribution in [2.45, 2.75) is 31.8 Å². The van der Waals surface area contributed by atoms with E-state index in [0.29, 0.717) is 25.9 Å². The molecule has 7 heteroatoms. The Morgan fingerprint density at radius 2 is 1.96 bits per heavy atom. The Morgan fingerprint density at radius 3 is 2.58 bits per heavy atom. The van der Waals surface area contributed by atoms with E-state index in [-0.39, 0.29) is 36.1 Å². The monoisotopic (exact) mass is 360 g/mol. The van der Waals surface area contributed by atoms with Gasteiger partial charge in [0, 0.05) is 38.5 Å². The summed E-state index contributed by atoms with van der Waals surface area (Å²) in [5.74, 6) is -0.930. The minimum Gasteiger partial charge on any atom is -0.487 e. The summed E-state index contributed by atoms with van der Waals surface area (Å²) in [6.07, 6.45) is 3.19. The molecular formula is C17H23ClF2N2O2. The zero-order valence-corrected chi connectivity index (χ0v) is 14.3. The predicted molar refractivity (Wildman–Crippen MR) is 89.4 cm³/mol. The Hall–Kier alpha value is -1.40. The van der Waals surface area contributed by atoms with Crippen LogP contribution in [0.5, 0.6) is 5.75 Å². The van der Waals surface area contributed by atoms with Crippen molar-refractivity contribution in [3.05, 3.63) is 29.8 Å². The zero-order valence-electron chi connectivity index (χ0n) is 13.5. The summed E-state index contributed by atoms with van der Waals surface area (Å²) in [4.78, 5) is 14.3. The average Bonchev–Trinajstić information content (AvgIpc) is 2.58. The molecule has 0 bridgehead atoms. The molecule has 2 fully saturated rings. The highest BCUT2D eigenvalue weighted by Crippen LogP contribution is 2.24. The maximum atomic E-state index is 13.6. The first-order valence-electron chi connectivity index (χ1n) is 8.24. The normalized spacial score (nSPS) is 21.9. The molecular weight excluding hydrogens is 338 g/mol. The molecule has 1 aromatic rings. The van der Waals surface area contributed by atoms with E-state index >= 15 is 0 Å². The Kier molecular flexibility index (Phi) is 6.80. The van der Waals surface area contributed by atoms with Gasteiger partial charge >= 0.3 is 0 Å².